The Kier molecular flexibility index (Phi) is 8.39. The second-order valence-corrected chi connectivity index (χ2v) is 8.74. The van der Waals surface area contributed by atoms with Gasteiger partial charge in [-0.1, -0.05) is 40.7 Å². The zero-order chi connectivity index (χ0) is 25.9. The number of hydrogen-bond donors (Lipinski definition) is 1. The first-order valence-corrected chi connectivity index (χ1v) is 11.5. The smallest absolute Gasteiger partial charge is 0.356 e. The average molecular weight is 540 g/mol. The largest absolute Gasteiger partial charge is 0.476 e. The van der Waals surface area contributed by atoms with Crippen molar-refractivity contribution in [2.45, 2.75) is 38.7 Å². The van der Waals surface area contributed by atoms with Crippen LogP contribution >= 0.6 is 34.8 Å². The highest BCUT2D eigenvalue weighted by molar-refractivity contribution is 6.35. The van der Waals surface area contributed by atoms with Gasteiger partial charge in [0.15, 0.2) is 11.8 Å². The minimum Gasteiger partial charge on any atom is -0.476 e. The summed E-state index contributed by atoms with van der Waals surface area (Å²) in [5.74, 6) is -0.376. The van der Waals surface area contributed by atoms with E-state index < -0.39 is 29.7 Å². The Hall–Kier alpha value is -3.12. The summed E-state index contributed by atoms with van der Waals surface area (Å²) in [4.78, 5) is 39.8. The molecule has 35 heavy (non-hydrogen) atoms. The lowest BCUT2D eigenvalue weighted by Gasteiger charge is -2.19. The van der Waals surface area contributed by atoms with Crippen LogP contribution in [0.2, 0.25) is 15.2 Å². The third-order valence-electron chi connectivity index (χ3n) is 5.19. The van der Waals surface area contributed by atoms with Crippen LogP contribution in [-0.4, -0.2) is 34.0 Å². The number of aromatic nitrogens is 1. The Bertz CT molecular complexity index is 1260. The number of ether oxygens (including phenoxy) is 1. The number of anilines is 1. The summed E-state index contributed by atoms with van der Waals surface area (Å²) in [5, 5.41) is 8.71. The third-order valence-corrected chi connectivity index (χ3v) is 6.00. The molecule has 7 nitrogen and oxygen atoms in total. The van der Waals surface area contributed by atoms with Crippen LogP contribution in [0.5, 0.6) is 5.75 Å². The Balaban J connectivity index is 0.000000261. The number of carbonyl (C=O) groups is 3. The van der Waals surface area contributed by atoms with Crippen molar-refractivity contribution in [2.75, 3.05) is 4.90 Å². The normalized spacial score (nSPS) is 15.7. The summed E-state index contributed by atoms with van der Waals surface area (Å²) in [7, 11) is 0. The van der Waals surface area contributed by atoms with Gasteiger partial charge in [-0.15, -0.1) is 6.42 Å². The maximum absolute atomic E-state index is 14.4. The molecule has 1 aliphatic carbocycles. The maximum atomic E-state index is 14.4. The average Bonchev–Trinajstić information content (AvgIpc) is 3.07. The van der Waals surface area contributed by atoms with Crippen LogP contribution in [0.25, 0.3) is 0 Å². The van der Waals surface area contributed by atoms with Crippen molar-refractivity contribution < 1.29 is 28.6 Å². The number of pyridine rings is 1. The molecule has 0 fully saturated rings. The van der Waals surface area contributed by atoms with Crippen LogP contribution in [-0.2, 0) is 9.59 Å². The molecule has 2 amide bonds. The Morgan fingerprint density at radius 2 is 1.74 bits per heavy atom. The number of hydrogen-bond acceptors (Lipinski definition) is 5. The molecule has 2 heterocycles. The van der Waals surface area contributed by atoms with Crippen LogP contribution in [0, 0.1) is 18.2 Å². The topological polar surface area (TPSA) is 96.8 Å². The molecule has 1 aliphatic heterocycles. The molecular weight excluding hydrogens is 522 g/mol. The number of rotatable bonds is 4. The van der Waals surface area contributed by atoms with E-state index >= 15 is 0 Å². The standard InChI is InChI=1S/C18H15ClFNO3.C6H3Cl2NO2/c1-3-10(2)24-16-9-15(14(20)8-13(16)19)21-17(22)11-6-4-5-7-12(11)18(21)23;7-3-1-2-4(8)9-5(3)6(10)11/h1,8-10H,4-7H2,2H3;1-2H,(H,10,11). The van der Waals surface area contributed by atoms with Gasteiger partial charge in [-0.3, -0.25) is 9.59 Å². The monoisotopic (exact) mass is 538 g/mol. The molecule has 2 aliphatic rings. The van der Waals surface area contributed by atoms with E-state index in [0.717, 1.165) is 23.8 Å². The fourth-order valence-electron chi connectivity index (χ4n) is 3.53. The maximum Gasteiger partial charge on any atom is 0.356 e. The molecule has 182 valence electrons. The molecular formula is C24H18Cl3FN2O5. The van der Waals surface area contributed by atoms with E-state index in [0.29, 0.717) is 24.0 Å². The quantitative estimate of drug-likeness (QED) is 0.304. The zero-order valence-corrected chi connectivity index (χ0v) is 20.5. The predicted octanol–water partition coefficient (Wildman–Crippen LogP) is 5.71. The number of aromatic carboxylic acids is 1. The van der Waals surface area contributed by atoms with Gasteiger partial charge in [-0.2, -0.15) is 0 Å². The van der Waals surface area contributed by atoms with Gasteiger partial charge in [-0.25, -0.2) is 19.1 Å². The number of carbonyl (C=O) groups excluding carboxylic acids is 2. The fraction of sp³-hybridized carbons (Fsp3) is 0.250. The predicted molar refractivity (Wildman–Crippen MR) is 130 cm³/mol. The fourth-order valence-corrected chi connectivity index (χ4v) is 4.06. The first-order valence-electron chi connectivity index (χ1n) is 10.3. The van der Waals surface area contributed by atoms with Crippen LogP contribution < -0.4 is 9.64 Å². The van der Waals surface area contributed by atoms with E-state index in [4.69, 9.17) is 51.1 Å². The first-order chi connectivity index (χ1) is 16.5. The molecule has 1 aromatic carbocycles. The van der Waals surface area contributed by atoms with E-state index in [1.807, 2.05) is 0 Å². The highest BCUT2D eigenvalue weighted by Crippen LogP contribution is 2.39. The van der Waals surface area contributed by atoms with Crippen molar-refractivity contribution >= 4 is 58.3 Å². The van der Waals surface area contributed by atoms with Crippen molar-refractivity contribution in [3.8, 4) is 18.1 Å². The number of benzene rings is 1. The Morgan fingerprint density at radius 3 is 2.26 bits per heavy atom. The Morgan fingerprint density at radius 1 is 1.14 bits per heavy atom. The molecule has 1 atom stereocenters. The summed E-state index contributed by atoms with van der Waals surface area (Å²) in [6.07, 6.45) is 7.47. The summed E-state index contributed by atoms with van der Waals surface area (Å²) >= 11 is 16.9. The SMILES string of the molecule is C#CC(C)Oc1cc(N2C(=O)C3=C(CCCC3)C2=O)c(F)cc1Cl.O=C(O)c1nc(Cl)ccc1Cl. The number of nitrogens with zero attached hydrogens (tertiary/aromatic N) is 2. The molecule has 1 unspecified atom stereocenters. The van der Waals surface area contributed by atoms with Crippen LogP contribution in [0.15, 0.2) is 35.4 Å². The van der Waals surface area contributed by atoms with Gasteiger partial charge in [0.2, 0.25) is 0 Å². The summed E-state index contributed by atoms with van der Waals surface area (Å²) in [5.41, 5.74) is 0.585. The van der Waals surface area contributed by atoms with Crippen molar-refractivity contribution in [3.05, 3.63) is 62.1 Å². The van der Waals surface area contributed by atoms with E-state index in [1.165, 1.54) is 18.2 Å². The number of carboxylic acid groups (broad SMARTS) is 1. The van der Waals surface area contributed by atoms with Crippen molar-refractivity contribution in [1.29, 1.82) is 0 Å². The van der Waals surface area contributed by atoms with E-state index in [-0.39, 0.29) is 32.3 Å². The molecule has 0 spiro atoms. The van der Waals surface area contributed by atoms with Crippen molar-refractivity contribution in [2.24, 2.45) is 0 Å². The summed E-state index contributed by atoms with van der Waals surface area (Å²) < 4.78 is 19.8. The van der Waals surface area contributed by atoms with Crippen LogP contribution in [0.1, 0.15) is 43.1 Å². The highest BCUT2D eigenvalue weighted by Gasteiger charge is 2.41. The minimum atomic E-state index is -1.18. The lowest BCUT2D eigenvalue weighted by molar-refractivity contribution is -0.120. The van der Waals surface area contributed by atoms with E-state index in [9.17, 15) is 18.8 Å². The molecule has 0 saturated carbocycles. The molecule has 2 aromatic rings. The van der Waals surface area contributed by atoms with Gasteiger partial charge >= 0.3 is 5.97 Å². The summed E-state index contributed by atoms with van der Waals surface area (Å²) in [6, 6.07) is 5.09. The van der Waals surface area contributed by atoms with E-state index in [2.05, 4.69) is 10.9 Å². The number of carboxylic acids is 1. The van der Waals surface area contributed by atoms with Gasteiger partial charge in [-0.05, 0) is 50.8 Å². The van der Waals surface area contributed by atoms with Gasteiger partial charge in [0.25, 0.3) is 11.8 Å². The number of amides is 2. The van der Waals surface area contributed by atoms with E-state index in [1.54, 1.807) is 6.92 Å². The zero-order valence-electron chi connectivity index (χ0n) is 18.3. The third kappa shape index (κ3) is 5.76. The second kappa shape index (κ2) is 11.1. The number of halogens is 4. The number of imide groups is 1. The van der Waals surface area contributed by atoms with Gasteiger partial charge in [0.1, 0.15) is 16.7 Å². The van der Waals surface area contributed by atoms with Crippen molar-refractivity contribution in [3.63, 3.8) is 0 Å². The molecule has 0 saturated heterocycles. The number of terminal acetylenes is 1. The van der Waals surface area contributed by atoms with Crippen LogP contribution in [0.3, 0.4) is 0 Å². The molecule has 11 heteroatoms. The van der Waals surface area contributed by atoms with Gasteiger partial charge < -0.3 is 9.84 Å². The second-order valence-electron chi connectivity index (χ2n) is 7.54. The lowest BCUT2D eigenvalue weighted by atomic mass is 9.93. The minimum absolute atomic E-state index is 0.0233. The summed E-state index contributed by atoms with van der Waals surface area (Å²) in [6.45, 7) is 1.63. The molecule has 0 radical (unpaired) electrons. The van der Waals surface area contributed by atoms with Gasteiger partial charge in [0.05, 0.1) is 15.7 Å². The van der Waals surface area contributed by atoms with Gasteiger partial charge in [0, 0.05) is 17.2 Å². The highest BCUT2D eigenvalue weighted by atomic mass is 35.5. The molecule has 4 rings (SSSR count). The first kappa shape index (κ1) is 26.5. The molecule has 0 bridgehead atoms. The molecule has 1 aromatic heterocycles. The van der Waals surface area contributed by atoms with Crippen LogP contribution in [0.4, 0.5) is 10.1 Å². The van der Waals surface area contributed by atoms with Crippen molar-refractivity contribution in [1.82, 2.24) is 4.98 Å². The lowest BCUT2D eigenvalue weighted by Crippen LogP contribution is -2.32. The Labute approximate surface area is 215 Å². The molecule has 1 N–H and O–H groups in total.